The van der Waals surface area contributed by atoms with Gasteiger partial charge in [-0.1, -0.05) is 33.6 Å². The molecule has 3 heteroatoms. The van der Waals surface area contributed by atoms with Gasteiger partial charge in [0.2, 0.25) is 0 Å². The zero-order chi connectivity index (χ0) is 14.8. The molecule has 0 heterocycles. The molecule has 0 saturated heterocycles. The normalized spacial score (nSPS) is 34.3. The van der Waals surface area contributed by atoms with Crippen LogP contribution in [0, 0.1) is 17.3 Å². The molecule has 4 unspecified atom stereocenters. The number of hydrogen-bond acceptors (Lipinski definition) is 2. The molecular formula is C17H33NOS. The SMILES string of the molecule is CNC1CCC(C(C)(C)C)CC1S(=O)CC1CCCC1. The summed E-state index contributed by atoms with van der Waals surface area (Å²) in [5.41, 5.74) is 0.356. The van der Waals surface area contributed by atoms with Gasteiger partial charge in [0.15, 0.2) is 0 Å². The van der Waals surface area contributed by atoms with Gasteiger partial charge >= 0.3 is 0 Å². The first-order valence-corrected chi connectivity index (χ1v) is 9.84. The molecule has 20 heavy (non-hydrogen) atoms. The van der Waals surface area contributed by atoms with E-state index in [1.807, 2.05) is 7.05 Å². The van der Waals surface area contributed by atoms with E-state index in [0.717, 1.165) is 24.0 Å². The van der Waals surface area contributed by atoms with Crippen molar-refractivity contribution in [2.24, 2.45) is 17.3 Å². The first-order valence-electron chi connectivity index (χ1n) is 8.46. The van der Waals surface area contributed by atoms with E-state index in [4.69, 9.17) is 0 Å². The van der Waals surface area contributed by atoms with Gasteiger partial charge < -0.3 is 5.32 Å². The smallest absolute Gasteiger partial charge is 0.0504 e. The van der Waals surface area contributed by atoms with Crippen LogP contribution in [0.3, 0.4) is 0 Å². The van der Waals surface area contributed by atoms with E-state index in [9.17, 15) is 4.21 Å². The lowest BCUT2D eigenvalue weighted by Gasteiger charge is -2.41. The van der Waals surface area contributed by atoms with Crippen molar-refractivity contribution in [2.75, 3.05) is 12.8 Å². The van der Waals surface area contributed by atoms with E-state index < -0.39 is 10.8 Å². The second-order valence-corrected chi connectivity index (χ2v) is 9.71. The third kappa shape index (κ3) is 4.07. The largest absolute Gasteiger partial charge is 0.316 e. The summed E-state index contributed by atoms with van der Waals surface area (Å²) in [6, 6.07) is 0.468. The minimum absolute atomic E-state index is 0.356. The highest BCUT2D eigenvalue weighted by Gasteiger charge is 2.38. The van der Waals surface area contributed by atoms with E-state index in [-0.39, 0.29) is 0 Å². The fourth-order valence-electron chi connectivity index (χ4n) is 4.07. The van der Waals surface area contributed by atoms with Crippen LogP contribution in [-0.4, -0.2) is 28.3 Å². The molecule has 2 aliphatic carbocycles. The van der Waals surface area contributed by atoms with Crippen LogP contribution >= 0.6 is 0 Å². The van der Waals surface area contributed by atoms with Crippen LogP contribution in [0.1, 0.15) is 65.7 Å². The van der Waals surface area contributed by atoms with Crippen molar-refractivity contribution in [3.05, 3.63) is 0 Å². The van der Waals surface area contributed by atoms with Gasteiger partial charge in [0.05, 0.1) is 5.25 Å². The topological polar surface area (TPSA) is 29.1 Å². The van der Waals surface area contributed by atoms with E-state index in [1.54, 1.807) is 0 Å². The Kier molecular flexibility index (Phi) is 5.70. The molecule has 2 rings (SSSR count). The molecule has 2 nitrogen and oxygen atoms in total. The Morgan fingerprint density at radius 1 is 1.10 bits per heavy atom. The molecule has 2 saturated carbocycles. The minimum atomic E-state index is -0.644. The van der Waals surface area contributed by atoms with Crippen molar-refractivity contribution in [3.63, 3.8) is 0 Å². The molecule has 0 bridgehead atoms. The summed E-state index contributed by atoms with van der Waals surface area (Å²) in [6.45, 7) is 7.02. The Morgan fingerprint density at radius 3 is 2.30 bits per heavy atom. The third-order valence-corrected chi connectivity index (χ3v) is 7.60. The Hall–Kier alpha value is 0.110. The summed E-state index contributed by atoms with van der Waals surface area (Å²) in [4.78, 5) is 0. The van der Waals surface area contributed by atoms with Crippen molar-refractivity contribution in [3.8, 4) is 0 Å². The summed E-state index contributed by atoms with van der Waals surface area (Å²) >= 11 is 0. The van der Waals surface area contributed by atoms with Crippen molar-refractivity contribution >= 4 is 10.8 Å². The van der Waals surface area contributed by atoms with Crippen LogP contribution < -0.4 is 5.32 Å². The molecule has 4 atom stereocenters. The molecular weight excluding hydrogens is 266 g/mol. The monoisotopic (exact) mass is 299 g/mol. The van der Waals surface area contributed by atoms with Crippen molar-refractivity contribution in [2.45, 2.75) is 77.0 Å². The quantitative estimate of drug-likeness (QED) is 0.857. The van der Waals surface area contributed by atoms with Gasteiger partial charge in [0.1, 0.15) is 0 Å². The predicted octanol–water partition coefficient (Wildman–Crippen LogP) is 3.73. The summed E-state index contributed by atoms with van der Waals surface area (Å²) in [5.74, 6) is 2.42. The highest BCUT2D eigenvalue weighted by Crippen LogP contribution is 2.40. The summed E-state index contributed by atoms with van der Waals surface area (Å²) in [7, 11) is 1.40. The molecule has 2 fully saturated rings. The standard InChI is InChI=1S/C17H33NOS/c1-17(2,3)14-9-10-15(18-4)16(11-14)20(19)12-13-7-5-6-8-13/h13-16,18H,5-12H2,1-4H3. The lowest BCUT2D eigenvalue weighted by molar-refractivity contribution is 0.166. The van der Waals surface area contributed by atoms with Crippen LogP contribution in [-0.2, 0) is 10.8 Å². The predicted molar refractivity (Wildman–Crippen MR) is 88.4 cm³/mol. The molecule has 0 aliphatic heterocycles. The average Bonchev–Trinajstić information content (AvgIpc) is 2.89. The van der Waals surface area contributed by atoms with Gasteiger partial charge in [0.25, 0.3) is 0 Å². The average molecular weight is 300 g/mol. The van der Waals surface area contributed by atoms with Gasteiger partial charge in [0, 0.05) is 22.6 Å². The van der Waals surface area contributed by atoms with Crippen LogP contribution in [0.15, 0.2) is 0 Å². The second-order valence-electron chi connectivity index (χ2n) is 8.01. The lowest BCUT2D eigenvalue weighted by atomic mass is 9.71. The molecule has 1 N–H and O–H groups in total. The number of rotatable bonds is 4. The van der Waals surface area contributed by atoms with Gasteiger partial charge in [-0.2, -0.15) is 0 Å². The van der Waals surface area contributed by atoms with Crippen molar-refractivity contribution in [1.29, 1.82) is 0 Å². The second kappa shape index (κ2) is 6.91. The Morgan fingerprint density at radius 2 is 1.75 bits per heavy atom. The van der Waals surface area contributed by atoms with E-state index in [1.165, 1.54) is 38.5 Å². The molecule has 0 spiro atoms. The summed E-state index contributed by atoms with van der Waals surface area (Å²) in [6.07, 6.45) is 8.95. The molecule has 0 radical (unpaired) electrons. The van der Waals surface area contributed by atoms with Crippen LogP contribution in [0.2, 0.25) is 0 Å². The van der Waals surface area contributed by atoms with Crippen LogP contribution in [0.5, 0.6) is 0 Å². The van der Waals surface area contributed by atoms with Crippen LogP contribution in [0.4, 0.5) is 0 Å². The van der Waals surface area contributed by atoms with Gasteiger partial charge in [-0.05, 0) is 56.4 Å². The highest BCUT2D eigenvalue weighted by atomic mass is 32.2. The zero-order valence-electron chi connectivity index (χ0n) is 13.8. The molecule has 0 aromatic carbocycles. The van der Waals surface area contributed by atoms with E-state index in [0.29, 0.717) is 16.7 Å². The first-order chi connectivity index (χ1) is 9.41. The van der Waals surface area contributed by atoms with Gasteiger partial charge in [-0.25, -0.2) is 0 Å². The maximum Gasteiger partial charge on any atom is 0.0504 e. The lowest BCUT2D eigenvalue weighted by Crippen LogP contribution is -2.47. The number of nitrogens with one attached hydrogen (secondary N) is 1. The minimum Gasteiger partial charge on any atom is -0.316 e. The molecule has 118 valence electrons. The molecule has 0 aromatic heterocycles. The van der Waals surface area contributed by atoms with Crippen molar-refractivity contribution < 1.29 is 4.21 Å². The van der Waals surface area contributed by atoms with Crippen molar-refractivity contribution in [1.82, 2.24) is 5.32 Å². The summed E-state index contributed by atoms with van der Waals surface area (Å²) in [5, 5.41) is 3.81. The highest BCUT2D eigenvalue weighted by molar-refractivity contribution is 7.85. The summed E-state index contributed by atoms with van der Waals surface area (Å²) < 4.78 is 12.9. The third-order valence-electron chi connectivity index (χ3n) is 5.60. The molecule has 0 amide bonds. The van der Waals surface area contributed by atoms with E-state index >= 15 is 0 Å². The Labute approximate surface area is 127 Å². The zero-order valence-corrected chi connectivity index (χ0v) is 14.6. The number of hydrogen-bond donors (Lipinski definition) is 1. The molecule has 2 aliphatic rings. The fraction of sp³-hybridized carbons (Fsp3) is 1.00. The first kappa shape index (κ1) is 16.5. The molecule has 0 aromatic rings. The maximum absolute atomic E-state index is 12.9. The Bertz CT molecular complexity index is 330. The van der Waals surface area contributed by atoms with Gasteiger partial charge in [-0.15, -0.1) is 0 Å². The van der Waals surface area contributed by atoms with Crippen LogP contribution in [0.25, 0.3) is 0 Å². The van der Waals surface area contributed by atoms with E-state index in [2.05, 4.69) is 26.1 Å². The van der Waals surface area contributed by atoms with Gasteiger partial charge in [-0.3, -0.25) is 4.21 Å². The Balaban J connectivity index is 1.98. The fourth-order valence-corrected chi connectivity index (χ4v) is 6.20. The maximum atomic E-state index is 12.9.